The van der Waals surface area contributed by atoms with Crippen LogP contribution in [0.15, 0.2) is 23.8 Å². The maximum atomic E-state index is 2.54. The lowest BCUT2D eigenvalue weighted by atomic mass is 9.92. The van der Waals surface area contributed by atoms with Crippen LogP contribution in [0.4, 0.5) is 0 Å². The summed E-state index contributed by atoms with van der Waals surface area (Å²) in [7, 11) is 0. The van der Waals surface area contributed by atoms with Gasteiger partial charge in [0.05, 0.1) is 0 Å². The Balaban J connectivity index is 2.39. The van der Waals surface area contributed by atoms with Crippen molar-refractivity contribution in [2.45, 2.75) is 65.7 Å². The van der Waals surface area contributed by atoms with Crippen LogP contribution in [-0.4, -0.2) is 0 Å². The maximum absolute atomic E-state index is 2.54. The van der Waals surface area contributed by atoms with E-state index in [1.807, 2.05) is 0 Å². The van der Waals surface area contributed by atoms with Crippen LogP contribution in [0.1, 0.15) is 65.7 Å². The van der Waals surface area contributed by atoms with E-state index in [0.29, 0.717) is 0 Å². The first-order chi connectivity index (χ1) is 7.76. The Hall–Kier alpha value is -0.520. The third-order valence-electron chi connectivity index (χ3n) is 3.73. The second-order valence-corrected chi connectivity index (χ2v) is 5.37. The van der Waals surface area contributed by atoms with Crippen LogP contribution in [-0.2, 0) is 0 Å². The molecule has 16 heavy (non-hydrogen) atoms. The third-order valence-corrected chi connectivity index (χ3v) is 3.73. The molecule has 0 aliphatic heterocycles. The van der Waals surface area contributed by atoms with Crippen LogP contribution < -0.4 is 0 Å². The van der Waals surface area contributed by atoms with Crippen LogP contribution >= 0.6 is 0 Å². The summed E-state index contributed by atoms with van der Waals surface area (Å²) in [6.07, 6.45) is 16.4. The number of allylic oxidation sites excluding steroid dienone is 4. The zero-order valence-electron chi connectivity index (χ0n) is 11.3. The van der Waals surface area contributed by atoms with Crippen LogP contribution in [0.25, 0.3) is 0 Å². The minimum atomic E-state index is 0.855. The minimum absolute atomic E-state index is 0.855. The Morgan fingerprint density at radius 1 is 1.31 bits per heavy atom. The SMILES string of the molecule is CCCC(=CCC(C)CC)CC1CC=CC1. The van der Waals surface area contributed by atoms with Crippen molar-refractivity contribution in [1.82, 2.24) is 0 Å². The fraction of sp³-hybridized carbons (Fsp3) is 0.750. The van der Waals surface area contributed by atoms with Crippen molar-refractivity contribution < 1.29 is 0 Å². The van der Waals surface area contributed by atoms with Gasteiger partial charge in [0.1, 0.15) is 0 Å². The van der Waals surface area contributed by atoms with Crippen molar-refractivity contribution in [3.05, 3.63) is 23.8 Å². The highest BCUT2D eigenvalue weighted by molar-refractivity contribution is 5.07. The number of hydrogen-bond donors (Lipinski definition) is 0. The topological polar surface area (TPSA) is 0 Å². The van der Waals surface area contributed by atoms with Crippen LogP contribution in [0.5, 0.6) is 0 Å². The summed E-state index contributed by atoms with van der Waals surface area (Å²) in [6, 6.07) is 0. The predicted octanol–water partition coefficient (Wildman–Crippen LogP) is 5.51. The molecule has 1 unspecified atom stereocenters. The molecule has 1 aliphatic carbocycles. The average Bonchev–Trinajstić information content (AvgIpc) is 2.78. The average molecular weight is 220 g/mol. The summed E-state index contributed by atoms with van der Waals surface area (Å²) >= 11 is 0. The molecule has 92 valence electrons. The first-order valence-electron chi connectivity index (χ1n) is 7.09. The Labute approximate surface area is 102 Å². The normalized spacial score (nSPS) is 19.3. The van der Waals surface area contributed by atoms with Gasteiger partial charge in [-0.15, -0.1) is 0 Å². The van der Waals surface area contributed by atoms with Gasteiger partial charge in [-0.2, -0.15) is 0 Å². The molecule has 0 heterocycles. The molecule has 0 amide bonds. The standard InChI is InChI=1S/C16H28/c1-4-8-15(12-11-14(3)5-2)13-16-9-6-7-10-16/h6-7,12,14,16H,4-5,8-11,13H2,1-3H3. The summed E-state index contributed by atoms with van der Waals surface area (Å²) < 4.78 is 0. The lowest BCUT2D eigenvalue weighted by Gasteiger charge is -2.13. The fourth-order valence-corrected chi connectivity index (χ4v) is 2.35. The summed E-state index contributed by atoms with van der Waals surface area (Å²) in [5.74, 6) is 1.77. The molecule has 0 aromatic rings. The van der Waals surface area contributed by atoms with Gasteiger partial charge in [-0.25, -0.2) is 0 Å². The minimum Gasteiger partial charge on any atom is -0.0882 e. The highest BCUT2D eigenvalue weighted by Crippen LogP contribution is 2.27. The van der Waals surface area contributed by atoms with Crippen molar-refractivity contribution in [2.75, 3.05) is 0 Å². The summed E-state index contributed by atoms with van der Waals surface area (Å²) in [6.45, 7) is 6.94. The Kier molecular flexibility index (Phi) is 6.52. The fourth-order valence-electron chi connectivity index (χ4n) is 2.35. The van der Waals surface area contributed by atoms with Gasteiger partial charge in [-0.3, -0.25) is 0 Å². The van der Waals surface area contributed by atoms with E-state index >= 15 is 0 Å². The van der Waals surface area contributed by atoms with Crippen molar-refractivity contribution >= 4 is 0 Å². The van der Waals surface area contributed by atoms with Crippen molar-refractivity contribution in [2.24, 2.45) is 11.8 Å². The molecule has 0 aromatic heterocycles. The van der Waals surface area contributed by atoms with E-state index in [1.54, 1.807) is 5.57 Å². The lowest BCUT2D eigenvalue weighted by Crippen LogP contribution is -1.98. The van der Waals surface area contributed by atoms with Gasteiger partial charge in [-0.1, -0.05) is 57.4 Å². The number of hydrogen-bond acceptors (Lipinski definition) is 0. The Morgan fingerprint density at radius 2 is 2.00 bits per heavy atom. The molecule has 0 heteroatoms. The molecule has 1 aliphatic rings. The molecule has 0 saturated heterocycles. The van der Waals surface area contributed by atoms with E-state index in [-0.39, 0.29) is 0 Å². The van der Waals surface area contributed by atoms with Gasteiger partial charge in [0.2, 0.25) is 0 Å². The van der Waals surface area contributed by atoms with Crippen LogP contribution in [0.2, 0.25) is 0 Å². The van der Waals surface area contributed by atoms with Gasteiger partial charge in [0, 0.05) is 0 Å². The molecule has 0 spiro atoms. The molecule has 0 aromatic carbocycles. The second kappa shape index (κ2) is 7.70. The summed E-state index contributed by atoms with van der Waals surface area (Å²) in [4.78, 5) is 0. The molecular weight excluding hydrogens is 192 g/mol. The van der Waals surface area contributed by atoms with Gasteiger partial charge in [0.15, 0.2) is 0 Å². The Morgan fingerprint density at radius 3 is 2.56 bits per heavy atom. The highest BCUT2D eigenvalue weighted by atomic mass is 14.2. The molecule has 0 nitrogen and oxygen atoms in total. The highest BCUT2D eigenvalue weighted by Gasteiger charge is 2.12. The van der Waals surface area contributed by atoms with Gasteiger partial charge >= 0.3 is 0 Å². The van der Waals surface area contributed by atoms with E-state index in [9.17, 15) is 0 Å². The van der Waals surface area contributed by atoms with E-state index in [1.165, 1.54) is 44.9 Å². The Bertz CT molecular complexity index is 226. The zero-order chi connectivity index (χ0) is 11.8. The van der Waals surface area contributed by atoms with Gasteiger partial charge < -0.3 is 0 Å². The maximum Gasteiger partial charge on any atom is -0.0286 e. The predicted molar refractivity (Wildman–Crippen MR) is 73.5 cm³/mol. The van der Waals surface area contributed by atoms with E-state index in [2.05, 4.69) is 39.0 Å². The van der Waals surface area contributed by atoms with Crippen molar-refractivity contribution in [3.8, 4) is 0 Å². The number of rotatable bonds is 7. The monoisotopic (exact) mass is 220 g/mol. The first kappa shape index (κ1) is 13.5. The largest absolute Gasteiger partial charge is 0.0882 e. The molecule has 1 atom stereocenters. The molecule has 0 radical (unpaired) electrons. The molecule has 0 N–H and O–H groups in total. The third kappa shape index (κ3) is 5.01. The second-order valence-electron chi connectivity index (χ2n) is 5.37. The van der Waals surface area contributed by atoms with E-state index in [0.717, 1.165) is 11.8 Å². The van der Waals surface area contributed by atoms with Crippen LogP contribution in [0.3, 0.4) is 0 Å². The van der Waals surface area contributed by atoms with Crippen molar-refractivity contribution in [1.29, 1.82) is 0 Å². The van der Waals surface area contributed by atoms with Gasteiger partial charge in [0.25, 0.3) is 0 Å². The van der Waals surface area contributed by atoms with Crippen LogP contribution in [0, 0.1) is 11.8 Å². The molecule has 0 bridgehead atoms. The quantitative estimate of drug-likeness (QED) is 0.497. The molecule has 1 rings (SSSR count). The molecule has 0 saturated carbocycles. The van der Waals surface area contributed by atoms with Crippen molar-refractivity contribution in [3.63, 3.8) is 0 Å². The lowest BCUT2D eigenvalue weighted by molar-refractivity contribution is 0.538. The molecular formula is C16H28. The van der Waals surface area contributed by atoms with E-state index in [4.69, 9.17) is 0 Å². The van der Waals surface area contributed by atoms with Gasteiger partial charge in [-0.05, 0) is 43.9 Å². The zero-order valence-corrected chi connectivity index (χ0v) is 11.3. The smallest absolute Gasteiger partial charge is 0.0286 e. The summed E-state index contributed by atoms with van der Waals surface area (Å²) in [5.41, 5.74) is 1.72. The first-order valence-corrected chi connectivity index (χ1v) is 7.09. The van der Waals surface area contributed by atoms with E-state index < -0.39 is 0 Å². The molecule has 0 fully saturated rings. The summed E-state index contributed by atoms with van der Waals surface area (Å²) in [5, 5.41) is 0.